The van der Waals surface area contributed by atoms with Crippen molar-refractivity contribution < 1.29 is 9.90 Å². The van der Waals surface area contributed by atoms with Crippen LogP contribution in [0.4, 0.5) is 5.69 Å². The van der Waals surface area contributed by atoms with Crippen LogP contribution >= 0.6 is 38.9 Å². The molecule has 1 atom stereocenters. The first kappa shape index (κ1) is 18.7. The Morgan fingerprint density at radius 1 is 1.37 bits per heavy atom. The number of hydrazine groups is 1. The molecule has 0 bridgehead atoms. The molecule has 2 N–H and O–H groups in total. The maximum Gasteiger partial charge on any atom is 0.305 e. The zero-order valence-corrected chi connectivity index (χ0v) is 17.7. The quantitative estimate of drug-likeness (QED) is 0.533. The predicted octanol–water partition coefficient (Wildman–Crippen LogP) is 5.32. The van der Waals surface area contributed by atoms with Crippen LogP contribution in [0.1, 0.15) is 30.3 Å². The highest BCUT2D eigenvalue weighted by molar-refractivity contribution is 9.10. The molecule has 0 fully saturated rings. The average molecular weight is 467 g/mol. The number of nitrogens with zero attached hydrogens (tertiary/aromatic N) is 2. The molecule has 27 heavy (non-hydrogen) atoms. The number of hydrogen-bond donors (Lipinski definition) is 2. The van der Waals surface area contributed by atoms with Crippen molar-refractivity contribution in [2.75, 3.05) is 5.01 Å². The topological polar surface area (TPSA) is 65.5 Å². The summed E-state index contributed by atoms with van der Waals surface area (Å²) < 4.78 is 2.12. The summed E-state index contributed by atoms with van der Waals surface area (Å²) in [5.74, 6) is -0.845. The summed E-state index contributed by atoms with van der Waals surface area (Å²) in [6.07, 6.45) is 0.621. The second kappa shape index (κ2) is 7.05. The van der Waals surface area contributed by atoms with Gasteiger partial charge in [-0.25, -0.2) is 10.4 Å². The number of anilines is 1. The average Bonchev–Trinajstić information content (AvgIpc) is 3.13. The van der Waals surface area contributed by atoms with E-state index < -0.39 is 11.5 Å². The Morgan fingerprint density at radius 2 is 2.19 bits per heavy atom. The second-order valence-corrected chi connectivity index (χ2v) is 9.05. The van der Waals surface area contributed by atoms with Gasteiger partial charge in [-0.3, -0.25) is 4.79 Å². The number of benzene rings is 2. The summed E-state index contributed by atoms with van der Waals surface area (Å²) in [6, 6.07) is 11.7. The van der Waals surface area contributed by atoms with Gasteiger partial charge in [0.25, 0.3) is 0 Å². The lowest BCUT2D eigenvalue weighted by Crippen LogP contribution is -2.46. The van der Waals surface area contributed by atoms with Gasteiger partial charge in [-0.1, -0.05) is 34.5 Å². The van der Waals surface area contributed by atoms with Crippen LogP contribution in [0.25, 0.3) is 10.2 Å². The van der Waals surface area contributed by atoms with E-state index in [-0.39, 0.29) is 6.42 Å². The van der Waals surface area contributed by atoms with E-state index in [4.69, 9.17) is 16.6 Å². The van der Waals surface area contributed by atoms with E-state index in [1.54, 1.807) is 11.3 Å². The van der Waals surface area contributed by atoms with Crippen LogP contribution in [0, 0.1) is 0 Å². The third kappa shape index (κ3) is 3.45. The van der Waals surface area contributed by atoms with Crippen molar-refractivity contribution in [1.82, 2.24) is 10.4 Å². The van der Waals surface area contributed by atoms with Gasteiger partial charge < -0.3 is 10.1 Å². The molecule has 1 aromatic heterocycles. The van der Waals surface area contributed by atoms with Crippen LogP contribution in [0.2, 0.25) is 5.02 Å². The van der Waals surface area contributed by atoms with Crippen molar-refractivity contribution in [2.24, 2.45) is 0 Å². The van der Waals surface area contributed by atoms with Crippen molar-refractivity contribution in [3.8, 4) is 0 Å². The Balaban J connectivity index is 1.72. The lowest BCUT2D eigenvalue weighted by molar-refractivity contribution is -0.138. The highest BCUT2D eigenvalue weighted by atomic mass is 79.9. The van der Waals surface area contributed by atoms with E-state index in [9.17, 15) is 9.90 Å². The number of thiazole rings is 1. The Hall–Kier alpha value is -1.67. The summed E-state index contributed by atoms with van der Waals surface area (Å²) >= 11 is 11.3. The van der Waals surface area contributed by atoms with Gasteiger partial charge in [-0.2, -0.15) is 0 Å². The van der Waals surface area contributed by atoms with Crippen molar-refractivity contribution in [3.63, 3.8) is 0 Å². The van der Waals surface area contributed by atoms with E-state index in [1.807, 2.05) is 48.3 Å². The lowest BCUT2D eigenvalue weighted by atomic mass is 9.85. The Bertz CT molecular complexity index is 1040. The molecule has 140 valence electrons. The molecule has 1 aliphatic rings. The monoisotopic (exact) mass is 465 g/mol. The molecule has 1 aliphatic heterocycles. The summed E-state index contributed by atoms with van der Waals surface area (Å²) in [4.78, 5) is 16.2. The third-order valence-electron chi connectivity index (χ3n) is 4.86. The maximum atomic E-state index is 11.5. The largest absolute Gasteiger partial charge is 0.481 e. The van der Waals surface area contributed by atoms with E-state index in [0.29, 0.717) is 18.0 Å². The van der Waals surface area contributed by atoms with Crippen LogP contribution in [-0.4, -0.2) is 16.1 Å². The maximum absolute atomic E-state index is 11.5. The summed E-state index contributed by atoms with van der Waals surface area (Å²) in [6.45, 7) is 2.53. The SMILES string of the molecule is CCC1(CC(=O)O)NN(Cc2nc3cc(Br)ccc3s2)c2ccc(Cl)cc21. The number of carboxylic acid groups (broad SMARTS) is 1. The third-order valence-corrected chi connectivity index (χ3v) is 6.61. The summed E-state index contributed by atoms with van der Waals surface area (Å²) in [5.41, 5.74) is 5.58. The molecule has 1 unspecified atom stereocenters. The standard InChI is InChI=1S/C19H17BrClN3O2S/c1-2-19(9-18(25)26)13-8-12(21)4-5-15(13)24(23-19)10-17-22-14-7-11(20)3-6-16(14)27-17/h3-8,23H,2,9-10H2,1H3,(H,25,26). The molecule has 0 spiro atoms. The molecule has 5 nitrogen and oxygen atoms in total. The van der Waals surface area contributed by atoms with Gasteiger partial charge in [0, 0.05) is 15.1 Å². The first-order valence-corrected chi connectivity index (χ1v) is 10.5. The van der Waals surface area contributed by atoms with Crippen LogP contribution in [0.15, 0.2) is 40.9 Å². The number of carboxylic acids is 1. The predicted molar refractivity (Wildman–Crippen MR) is 112 cm³/mol. The van der Waals surface area contributed by atoms with Gasteiger partial charge in [0.05, 0.1) is 34.4 Å². The van der Waals surface area contributed by atoms with E-state index >= 15 is 0 Å². The highest BCUT2D eigenvalue weighted by Gasteiger charge is 2.43. The minimum absolute atomic E-state index is 0.0138. The second-order valence-electron chi connectivity index (χ2n) is 6.59. The van der Waals surface area contributed by atoms with Gasteiger partial charge in [0.1, 0.15) is 5.01 Å². The number of aromatic nitrogens is 1. The number of hydrogen-bond acceptors (Lipinski definition) is 5. The van der Waals surface area contributed by atoms with Gasteiger partial charge in [0.15, 0.2) is 0 Å². The van der Waals surface area contributed by atoms with Gasteiger partial charge >= 0.3 is 5.97 Å². The molecule has 2 heterocycles. The lowest BCUT2D eigenvalue weighted by Gasteiger charge is -2.29. The molecule has 0 amide bonds. The molecule has 3 aromatic rings. The number of carbonyl (C=O) groups is 1. The normalized spacial score (nSPS) is 18.9. The molecule has 4 rings (SSSR count). The fourth-order valence-electron chi connectivity index (χ4n) is 3.57. The first-order chi connectivity index (χ1) is 12.9. The molecule has 0 aliphatic carbocycles. The van der Waals surface area contributed by atoms with E-state index in [2.05, 4.69) is 21.4 Å². The fraction of sp³-hybridized carbons (Fsp3) is 0.263. The Kier molecular flexibility index (Phi) is 4.88. The minimum atomic E-state index is -0.845. The smallest absolute Gasteiger partial charge is 0.305 e. The molecule has 0 saturated heterocycles. The fourth-order valence-corrected chi connectivity index (χ4v) is 5.03. The number of nitrogens with one attached hydrogen (secondary N) is 1. The zero-order chi connectivity index (χ0) is 19.2. The van der Waals surface area contributed by atoms with Crippen molar-refractivity contribution >= 4 is 60.7 Å². The summed E-state index contributed by atoms with van der Waals surface area (Å²) in [7, 11) is 0. The van der Waals surface area contributed by atoms with E-state index in [1.165, 1.54) is 0 Å². The van der Waals surface area contributed by atoms with Crippen molar-refractivity contribution in [3.05, 3.63) is 56.5 Å². The van der Waals surface area contributed by atoms with Crippen LogP contribution in [0.3, 0.4) is 0 Å². The van der Waals surface area contributed by atoms with Gasteiger partial charge in [-0.15, -0.1) is 11.3 Å². The van der Waals surface area contributed by atoms with Gasteiger partial charge in [-0.05, 0) is 42.8 Å². The van der Waals surface area contributed by atoms with Crippen molar-refractivity contribution in [2.45, 2.75) is 31.8 Å². The molecular weight excluding hydrogens is 450 g/mol. The van der Waals surface area contributed by atoms with Crippen LogP contribution < -0.4 is 10.4 Å². The van der Waals surface area contributed by atoms with Crippen LogP contribution in [0.5, 0.6) is 0 Å². The molecule has 0 radical (unpaired) electrons. The van der Waals surface area contributed by atoms with Crippen molar-refractivity contribution in [1.29, 1.82) is 0 Å². The molecular formula is C19H17BrClN3O2S. The van der Waals surface area contributed by atoms with E-state index in [0.717, 1.165) is 30.9 Å². The Morgan fingerprint density at radius 3 is 2.93 bits per heavy atom. The highest BCUT2D eigenvalue weighted by Crippen LogP contribution is 2.43. The molecule has 2 aromatic carbocycles. The minimum Gasteiger partial charge on any atom is -0.481 e. The number of rotatable bonds is 5. The molecule has 8 heteroatoms. The number of fused-ring (bicyclic) bond motifs is 2. The Labute approximate surface area is 174 Å². The zero-order valence-electron chi connectivity index (χ0n) is 14.5. The van der Waals surface area contributed by atoms with Gasteiger partial charge in [0.2, 0.25) is 0 Å². The van der Waals surface area contributed by atoms with Crippen LogP contribution in [-0.2, 0) is 16.9 Å². The molecule has 0 saturated carbocycles. The number of aliphatic carboxylic acids is 1. The first-order valence-electron chi connectivity index (χ1n) is 8.52. The number of halogens is 2. The summed E-state index contributed by atoms with van der Waals surface area (Å²) in [5, 5.41) is 13.0.